The van der Waals surface area contributed by atoms with Crippen LogP contribution in [0.25, 0.3) is 0 Å². The number of benzene rings is 1. The maximum Gasteiger partial charge on any atom is 0.254 e. The molecule has 1 aliphatic heterocycles. The maximum atomic E-state index is 12.9. The van der Waals surface area contributed by atoms with E-state index in [-0.39, 0.29) is 17.9 Å². The smallest absolute Gasteiger partial charge is 0.254 e. The van der Waals surface area contributed by atoms with Crippen LogP contribution in [0.2, 0.25) is 0 Å². The van der Waals surface area contributed by atoms with Crippen LogP contribution in [0.1, 0.15) is 48.0 Å². The number of fused-ring (bicyclic) bond motifs is 1. The summed E-state index contributed by atoms with van der Waals surface area (Å²) in [6, 6.07) is 12.1. The monoisotopic (exact) mass is 341 g/mol. The van der Waals surface area contributed by atoms with E-state index in [0.717, 1.165) is 36.8 Å². The van der Waals surface area contributed by atoms with Gasteiger partial charge in [-0.05, 0) is 36.3 Å². The van der Waals surface area contributed by atoms with Crippen molar-refractivity contribution in [1.82, 2.24) is 4.90 Å². The fourth-order valence-corrected chi connectivity index (χ4v) is 5.20. The Kier molecular flexibility index (Phi) is 4.19. The SMILES string of the molecule is O=C(c1ccsc1)N1CC[C@@](O)(c2ccccc2)[C@H]2CCCC[C@@H]21. The molecule has 3 atom stereocenters. The van der Waals surface area contributed by atoms with Crippen LogP contribution in [0.3, 0.4) is 0 Å². The van der Waals surface area contributed by atoms with E-state index >= 15 is 0 Å². The third-order valence-corrected chi connectivity index (χ3v) is 6.46. The van der Waals surface area contributed by atoms with Gasteiger partial charge in [-0.15, -0.1) is 0 Å². The van der Waals surface area contributed by atoms with Gasteiger partial charge in [-0.3, -0.25) is 4.79 Å². The van der Waals surface area contributed by atoms with Crippen LogP contribution >= 0.6 is 11.3 Å². The Balaban J connectivity index is 1.66. The number of carbonyl (C=O) groups is 1. The Labute approximate surface area is 146 Å². The second-order valence-corrected chi connectivity index (χ2v) is 7.79. The molecule has 0 radical (unpaired) electrons. The van der Waals surface area contributed by atoms with Crippen molar-refractivity contribution in [2.45, 2.75) is 43.7 Å². The van der Waals surface area contributed by atoms with Crippen molar-refractivity contribution in [3.63, 3.8) is 0 Å². The summed E-state index contributed by atoms with van der Waals surface area (Å²) < 4.78 is 0. The highest BCUT2D eigenvalue weighted by Crippen LogP contribution is 2.47. The van der Waals surface area contributed by atoms with E-state index in [0.29, 0.717) is 13.0 Å². The van der Waals surface area contributed by atoms with Crippen molar-refractivity contribution in [2.24, 2.45) is 5.92 Å². The molecule has 4 rings (SSSR count). The van der Waals surface area contributed by atoms with E-state index in [4.69, 9.17) is 0 Å². The number of carbonyl (C=O) groups excluding carboxylic acids is 1. The maximum absolute atomic E-state index is 12.9. The number of thiophene rings is 1. The van der Waals surface area contributed by atoms with Crippen LogP contribution < -0.4 is 0 Å². The minimum absolute atomic E-state index is 0.128. The number of nitrogens with zero attached hydrogens (tertiary/aromatic N) is 1. The fourth-order valence-electron chi connectivity index (χ4n) is 4.57. The minimum Gasteiger partial charge on any atom is -0.385 e. The van der Waals surface area contributed by atoms with Crippen molar-refractivity contribution >= 4 is 17.2 Å². The summed E-state index contributed by atoms with van der Waals surface area (Å²) in [6.07, 6.45) is 4.88. The first-order chi connectivity index (χ1) is 11.7. The average molecular weight is 341 g/mol. The van der Waals surface area contributed by atoms with Crippen molar-refractivity contribution in [3.05, 3.63) is 58.3 Å². The molecule has 126 valence electrons. The van der Waals surface area contributed by atoms with E-state index in [1.165, 1.54) is 0 Å². The Hall–Kier alpha value is -1.65. The number of piperidine rings is 1. The van der Waals surface area contributed by atoms with Gasteiger partial charge in [0.25, 0.3) is 5.91 Å². The number of hydrogen-bond donors (Lipinski definition) is 1. The first-order valence-corrected chi connectivity index (χ1v) is 9.75. The third kappa shape index (κ3) is 2.58. The van der Waals surface area contributed by atoms with E-state index in [9.17, 15) is 9.90 Å². The van der Waals surface area contributed by atoms with Crippen LogP contribution in [0.15, 0.2) is 47.2 Å². The van der Waals surface area contributed by atoms with E-state index in [1.807, 2.05) is 52.1 Å². The zero-order valence-electron chi connectivity index (χ0n) is 13.7. The topological polar surface area (TPSA) is 40.5 Å². The largest absolute Gasteiger partial charge is 0.385 e. The Morgan fingerprint density at radius 1 is 1.17 bits per heavy atom. The molecule has 1 aromatic heterocycles. The number of likely N-dealkylation sites (tertiary alicyclic amines) is 1. The molecule has 1 N–H and O–H groups in total. The van der Waals surface area contributed by atoms with Crippen molar-refractivity contribution in [2.75, 3.05) is 6.54 Å². The van der Waals surface area contributed by atoms with Crippen molar-refractivity contribution in [1.29, 1.82) is 0 Å². The van der Waals surface area contributed by atoms with Gasteiger partial charge in [-0.25, -0.2) is 0 Å². The van der Waals surface area contributed by atoms with Gasteiger partial charge in [0, 0.05) is 23.9 Å². The molecule has 0 unspecified atom stereocenters. The van der Waals surface area contributed by atoms with Crippen molar-refractivity contribution in [3.8, 4) is 0 Å². The van der Waals surface area contributed by atoms with E-state index in [1.54, 1.807) is 11.3 Å². The molecule has 1 saturated heterocycles. The molecular formula is C20H23NO2S. The van der Waals surface area contributed by atoms with Gasteiger partial charge in [-0.1, -0.05) is 43.2 Å². The molecule has 2 aliphatic rings. The lowest BCUT2D eigenvalue weighted by Crippen LogP contribution is -2.58. The summed E-state index contributed by atoms with van der Waals surface area (Å²) >= 11 is 1.56. The average Bonchev–Trinajstić information content (AvgIpc) is 3.17. The summed E-state index contributed by atoms with van der Waals surface area (Å²) in [5.74, 6) is 0.258. The predicted molar refractivity (Wildman–Crippen MR) is 96.1 cm³/mol. The Bertz CT molecular complexity index is 700. The molecule has 4 heteroatoms. The first kappa shape index (κ1) is 15.9. The molecule has 1 amide bonds. The highest BCUT2D eigenvalue weighted by atomic mass is 32.1. The number of aliphatic hydroxyl groups is 1. The van der Waals surface area contributed by atoms with Crippen LogP contribution in [-0.4, -0.2) is 28.5 Å². The lowest BCUT2D eigenvalue weighted by Gasteiger charge is -2.52. The second kappa shape index (κ2) is 6.34. The highest BCUT2D eigenvalue weighted by Gasteiger charge is 2.50. The lowest BCUT2D eigenvalue weighted by atomic mass is 9.66. The van der Waals surface area contributed by atoms with Gasteiger partial charge < -0.3 is 10.0 Å². The molecule has 2 aromatic rings. The lowest BCUT2D eigenvalue weighted by molar-refractivity contribution is -0.110. The van der Waals surface area contributed by atoms with Gasteiger partial charge in [0.1, 0.15) is 0 Å². The van der Waals surface area contributed by atoms with Crippen LogP contribution in [0.5, 0.6) is 0 Å². The minimum atomic E-state index is -0.808. The van der Waals surface area contributed by atoms with Crippen LogP contribution in [-0.2, 0) is 5.60 Å². The first-order valence-electron chi connectivity index (χ1n) is 8.81. The normalized spacial score (nSPS) is 30.0. The number of amides is 1. The fraction of sp³-hybridized carbons (Fsp3) is 0.450. The van der Waals surface area contributed by atoms with Gasteiger partial charge in [0.2, 0.25) is 0 Å². The predicted octanol–water partition coefficient (Wildman–Crippen LogP) is 4.04. The molecular weight excluding hydrogens is 318 g/mol. The number of rotatable bonds is 2. The molecule has 1 aromatic carbocycles. The van der Waals surface area contributed by atoms with Crippen molar-refractivity contribution < 1.29 is 9.90 Å². The van der Waals surface area contributed by atoms with Gasteiger partial charge in [0.15, 0.2) is 0 Å². The molecule has 0 spiro atoms. The molecule has 2 fully saturated rings. The molecule has 24 heavy (non-hydrogen) atoms. The summed E-state index contributed by atoms with van der Waals surface area (Å²) in [5, 5.41) is 15.4. The summed E-state index contributed by atoms with van der Waals surface area (Å²) in [4.78, 5) is 14.9. The summed E-state index contributed by atoms with van der Waals surface area (Å²) in [7, 11) is 0. The van der Waals surface area contributed by atoms with Gasteiger partial charge in [-0.2, -0.15) is 11.3 Å². The molecule has 0 bridgehead atoms. The molecule has 2 heterocycles. The zero-order valence-corrected chi connectivity index (χ0v) is 14.5. The summed E-state index contributed by atoms with van der Waals surface area (Å²) in [5.41, 5.74) is 0.983. The van der Waals surface area contributed by atoms with E-state index in [2.05, 4.69) is 0 Å². The van der Waals surface area contributed by atoms with E-state index < -0.39 is 5.60 Å². The van der Waals surface area contributed by atoms with Crippen LogP contribution in [0, 0.1) is 5.92 Å². The Morgan fingerprint density at radius 2 is 1.96 bits per heavy atom. The second-order valence-electron chi connectivity index (χ2n) is 7.01. The zero-order chi connectivity index (χ0) is 16.6. The van der Waals surface area contributed by atoms with Crippen LogP contribution in [0.4, 0.5) is 0 Å². The van der Waals surface area contributed by atoms with Gasteiger partial charge >= 0.3 is 0 Å². The standard InChI is InChI=1S/C20H23NO2S/c22-19(15-10-13-24-14-15)21-12-11-20(23,16-6-2-1-3-7-16)17-8-4-5-9-18(17)21/h1-3,6-7,10,13-14,17-18,23H,4-5,8-9,11-12H2/t17-,18-,20+/m0/s1. The molecule has 1 aliphatic carbocycles. The third-order valence-electron chi connectivity index (χ3n) is 5.78. The quantitative estimate of drug-likeness (QED) is 0.895. The molecule has 3 nitrogen and oxygen atoms in total. The Morgan fingerprint density at radius 3 is 2.71 bits per heavy atom. The molecule has 1 saturated carbocycles. The summed E-state index contributed by atoms with van der Waals surface area (Å²) in [6.45, 7) is 0.626. The highest BCUT2D eigenvalue weighted by molar-refractivity contribution is 7.08. The number of hydrogen-bond acceptors (Lipinski definition) is 3. The van der Waals surface area contributed by atoms with Gasteiger partial charge in [0.05, 0.1) is 11.2 Å².